The molecule has 0 amide bonds. The van der Waals surface area contributed by atoms with Crippen LogP contribution in [0.4, 0.5) is 0 Å². The molecule has 3 aromatic rings. The number of nitrogens with zero attached hydrogens (tertiary/aromatic N) is 4. The van der Waals surface area contributed by atoms with Crippen molar-refractivity contribution in [1.29, 1.82) is 0 Å². The molecular formula is C22H26N6. The molecule has 2 aliphatic heterocycles. The van der Waals surface area contributed by atoms with Crippen LogP contribution >= 0.6 is 0 Å². The first-order valence-electron chi connectivity index (χ1n) is 10.1. The molecule has 28 heavy (non-hydrogen) atoms. The van der Waals surface area contributed by atoms with Gasteiger partial charge >= 0.3 is 0 Å². The fourth-order valence-corrected chi connectivity index (χ4v) is 4.56. The van der Waals surface area contributed by atoms with Crippen LogP contribution in [-0.4, -0.2) is 44.6 Å². The number of hydrogen-bond acceptors (Lipinski definition) is 5. The quantitative estimate of drug-likeness (QED) is 0.717. The number of aromatic nitrogens is 3. The first-order valence-corrected chi connectivity index (χ1v) is 10.1. The Hall–Kier alpha value is -2.54. The van der Waals surface area contributed by atoms with Crippen molar-refractivity contribution in [2.75, 3.05) is 13.1 Å². The molecule has 6 nitrogen and oxygen atoms in total. The largest absolute Gasteiger partial charge is 0.297 e. The van der Waals surface area contributed by atoms with Gasteiger partial charge in [-0.2, -0.15) is 0 Å². The molecule has 0 spiro atoms. The SMILES string of the molecule is c1ccc(CC2NNC3CCN(Cc4cccn4-c4ncccn4)CC32)cc1. The number of benzene rings is 1. The van der Waals surface area contributed by atoms with Crippen molar-refractivity contribution in [3.8, 4) is 5.95 Å². The summed E-state index contributed by atoms with van der Waals surface area (Å²) in [5.41, 5.74) is 9.74. The molecule has 5 rings (SSSR count). The Morgan fingerprint density at radius 2 is 1.82 bits per heavy atom. The Morgan fingerprint density at radius 1 is 0.964 bits per heavy atom. The predicted octanol–water partition coefficient (Wildman–Crippen LogP) is 2.18. The van der Waals surface area contributed by atoms with Gasteiger partial charge in [0.15, 0.2) is 0 Å². The van der Waals surface area contributed by atoms with E-state index in [-0.39, 0.29) is 0 Å². The standard InChI is InChI=1S/C22H26N6/c1-2-6-17(7-3-1)14-21-19-16-27(13-9-20(19)25-26-21)15-18-8-4-12-28(18)22-23-10-5-11-24-22/h1-8,10-12,19-21,25-26H,9,13-16H2. The van der Waals surface area contributed by atoms with Crippen LogP contribution in [0.1, 0.15) is 17.7 Å². The molecule has 2 saturated heterocycles. The van der Waals surface area contributed by atoms with Crippen LogP contribution < -0.4 is 10.9 Å². The summed E-state index contributed by atoms with van der Waals surface area (Å²) in [6, 6.07) is 17.9. The molecule has 2 fully saturated rings. The van der Waals surface area contributed by atoms with Crippen LogP contribution in [0.15, 0.2) is 67.1 Å². The number of fused-ring (bicyclic) bond motifs is 1. The molecule has 2 N–H and O–H groups in total. The summed E-state index contributed by atoms with van der Waals surface area (Å²) in [6.07, 6.45) is 7.88. The number of likely N-dealkylation sites (tertiary alicyclic amines) is 1. The van der Waals surface area contributed by atoms with Crippen LogP contribution in [0.25, 0.3) is 5.95 Å². The average molecular weight is 374 g/mol. The summed E-state index contributed by atoms with van der Waals surface area (Å²) in [6.45, 7) is 3.13. The smallest absolute Gasteiger partial charge is 0.233 e. The number of hydrazine groups is 1. The Morgan fingerprint density at radius 3 is 2.68 bits per heavy atom. The fraction of sp³-hybridized carbons (Fsp3) is 0.364. The van der Waals surface area contributed by atoms with Crippen molar-refractivity contribution >= 4 is 0 Å². The van der Waals surface area contributed by atoms with Crippen LogP contribution in [0.2, 0.25) is 0 Å². The third-order valence-corrected chi connectivity index (χ3v) is 6.00. The van der Waals surface area contributed by atoms with Gasteiger partial charge in [0.25, 0.3) is 0 Å². The molecule has 0 saturated carbocycles. The predicted molar refractivity (Wildman–Crippen MR) is 109 cm³/mol. The fourth-order valence-electron chi connectivity index (χ4n) is 4.56. The number of hydrogen-bond donors (Lipinski definition) is 2. The second-order valence-corrected chi connectivity index (χ2v) is 7.80. The van der Waals surface area contributed by atoms with Gasteiger partial charge < -0.3 is 0 Å². The highest BCUT2D eigenvalue weighted by molar-refractivity contribution is 5.21. The molecule has 3 atom stereocenters. The maximum absolute atomic E-state index is 4.40. The second-order valence-electron chi connectivity index (χ2n) is 7.80. The molecular weight excluding hydrogens is 348 g/mol. The first-order chi connectivity index (χ1) is 13.9. The Kier molecular flexibility index (Phi) is 4.91. The molecule has 0 radical (unpaired) electrons. The summed E-state index contributed by atoms with van der Waals surface area (Å²) < 4.78 is 2.10. The minimum Gasteiger partial charge on any atom is -0.297 e. The molecule has 4 heterocycles. The van der Waals surface area contributed by atoms with Gasteiger partial charge in [0.05, 0.1) is 0 Å². The van der Waals surface area contributed by atoms with E-state index in [1.807, 2.05) is 12.3 Å². The lowest BCUT2D eigenvalue weighted by molar-refractivity contribution is 0.146. The van der Waals surface area contributed by atoms with Gasteiger partial charge in [0.1, 0.15) is 0 Å². The van der Waals surface area contributed by atoms with E-state index in [9.17, 15) is 0 Å². The molecule has 0 bridgehead atoms. The van der Waals surface area contributed by atoms with Crippen LogP contribution in [0, 0.1) is 5.92 Å². The van der Waals surface area contributed by atoms with Gasteiger partial charge in [0.2, 0.25) is 5.95 Å². The topological polar surface area (TPSA) is 58.0 Å². The zero-order chi connectivity index (χ0) is 18.8. The van der Waals surface area contributed by atoms with E-state index in [4.69, 9.17) is 0 Å². The Labute approximate surface area is 165 Å². The van der Waals surface area contributed by atoms with Crippen LogP contribution in [0.3, 0.4) is 0 Å². The summed E-state index contributed by atoms with van der Waals surface area (Å²) in [5.74, 6) is 1.36. The van der Waals surface area contributed by atoms with E-state index in [1.54, 1.807) is 12.4 Å². The molecule has 1 aromatic carbocycles. The van der Waals surface area contributed by atoms with Gasteiger partial charge in [-0.1, -0.05) is 30.3 Å². The van der Waals surface area contributed by atoms with Crippen molar-refractivity contribution in [2.45, 2.75) is 31.5 Å². The van der Waals surface area contributed by atoms with E-state index >= 15 is 0 Å². The summed E-state index contributed by atoms with van der Waals surface area (Å²) in [5, 5.41) is 0. The van der Waals surface area contributed by atoms with Crippen molar-refractivity contribution in [2.24, 2.45) is 5.92 Å². The highest BCUT2D eigenvalue weighted by atomic mass is 15.4. The molecule has 3 unspecified atom stereocenters. The van der Waals surface area contributed by atoms with Crippen LogP contribution in [0.5, 0.6) is 0 Å². The third kappa shape index (κ3) is 3.58. The zero-order valence-electron chi connectivity index (χ0n) is 15.9. The van der Waals surface area contributed by atoms with Gasteiger partial charge in [-0.25, -0.2) is 9.97 Å². The maximum atomic E-state index is 4.40. The van der Waals surface area contributed by atoms with Gasteiger partial charge in [-0.3, -0.25) is 20.3 Å². The first kappa shape index (κ1) is 17.6. The zero-order valence-corrected chi connectivity index (χ0v) is 15.9. The summed E-state index contributed by atoms with van der Waals surface area (Å²) >= 11 is 0. The van der Waals surface area contributed by atoms with Crippen molar-refractivity contribution in [3.63, 3.8) is 0 Å². The van der Waals surface area contributed by atoms with E-state index in [2.05, 4.69) is 72.8 Å². The maximum Gasteiger partial charge on any atom is 0.233 e. The number of piperidine rings is 1. The van der Waals surface area contributed by atoms with Gasteiger partial charge in [0, 0.05) is 61.9 Å². The average Bonchev–Trinajstić information content (AvgIpc) is 3.37. The Balaban J connectivity index is 1.28. The molecule has 0 aliphatic carbocycles. The Bertz CT molecular complexity index is 894. The summed E-state index contributed by atoms with van der Waals surface area (Å²) in [4.78, 5) is 11.4. The molecule has 144 valence electrons. The molecule has 2 aromatic heterocycles. The summed E-state index contributed by atoms with van der Waals surface area (Å²) in [7, 11) is 0. The van der Waals surface area contributed by atoms with E-state index in [0.29, 0.717) is 18.0 Å². The van der Waals surface area contributed by atoms with Crippen molar-refractivity contribution in [1.82, 2.24) is 30.3 Å². The van der Waals surface area contributed by atoms with Gasteiger partial charge in [-0.15, -0.1) is 0 Å². The molecule has 2 aliphatic rings. The van der Waals surface area contributed by atoms with Crippen molar-refractivity contribution in [3.05, 3.63) is 78.4 Å². The lowest BCUT2D eigenvalue weighted by Crippen LogP contribution is -2.46. The van der Waals surface area contributed by atoms with E-state index in [1.165, 1.54) is 17.7 Å². The van der Waals surface area contributed by atoms with E-state index in [0.717, 1.165) is 32.0 Å². The monoisotopic (exact) mass is 374 g/mol. The van der Waals surface area contributed by atoms with Gasteiger partial charge in [-0.05, 0) is 36.6 Å². The lowest BCUT2D eigenvalue weighted by Gasteiger charge is -2.36. The second kappa shape index (κ2) is 7.83. The van der Waals surface area contributed by atoms with Crippen molar-refractivity contribution < 1.29 is 0 Å². The minimum absolute atomic E-state index is 0.472. The number of rotatable bonds is 5. The lowest BCUT2D eigenvalue weighted by atomic mass is 9.85. The number of nitrogens with one attached hydrogen (secondary N) is 2. The van der Waals surface area contributed by atoms with E-state index < -0.39 is 0 Å². The normalized spacial score (nSPS) is 24.9. The highest BCUT2D eigenvalue weighted by Gasteiger charge is 2.39. The minimum atomic E-state index is 0.472. The molecule has 6 heteroatoms. The third-order valence-electron chi connectivity index (χ3n) is 6.00. The highest BCUT2D eigenvalue weighted by Crippen LogP contribution is 2.27. The van der Waals surface area contributed by atoms with Crippen LogP contribution in [-0.2, 0) is 13.0 Å².